The Morgan fingerprint density at radius 3 is 2.77 bits per heavy atom. The molecule has 26 heavy (non-hydrogen) atoms. The highest BCUT2D eigenvalue weighted by Gasteiger charge is 2.24. The molecule has 3 rings (SSSR count). The first kappa shape index (κ1) is 18.4. The molecule has 140 valence electrons. The van der Waals surface area contributed by atoms with E-state index in [1.807, 2.05) is 50.6 Å². The molecule has 2 N–H and O–H groups in total. The zero-order valence-electron chi connectivity index (χ0n) is 15.8. The third-order valence-electron chi connectivity index (χ3n) is 4.56. The van der Waals surface area contributed by atoms with E-state index in [9.17, 15) is 9.59 Å². The summed E-state index contributed by atoms with van der Waals surface area (Å²) >= 11 is 0. The zero-order valence-corrected chi connectivity index (χ0v) is 15.8. The first-order valence-corrected chi connectivity index (χ1v) is 8.92. The Bertz CT molecular complexity index is 829. The SMILES string of the molecule is Cn1c(CNC(=O)C2CCCO2)nc2cc(NC(=O)C(C)(C)C)ccc21. The molecule has 1 aromatic heterocycles. The van der Waals surface area contributed by atoms with Crippen molar-refractivity contribution >= 4 is 28.5 Å². The fraction of sp³-hybridized carbons (Fsp3) is 0.526. The van der Waals surface area contributed by atoms with E-state index >= 15 is 0 Å². The summed E-state index contributed by atoms with van der Waals surface area (Å²) in [5.74, 6) is 0.621. The summed E-state index contributed by atoms with van der Waals surface area (Å²) in [6.07, 6.45) is 1.35. The highest BCUT2D eigenvalue weighted by molar-refractivity contribution is 5.96. The molecular formula is C19H26N4O3. The number of rotatable bonds is 4. The molecule has 1 fully saturated rings. The van der Waals surface area contributed by atoms with Crippen LogP contribution in [0.2, 0.25) is 0 Å². The van der Waals surface area contributed by atoms with Crippen LogP contribution in [0.4, 0.5) is 5.69 Å². The number of carbonyl (C=O) groups is 2. The molecule has 1 unspecified atom stereocenters. The van der Waals surface area contributed by atoms with Crippen molar-refractivity contribution in [1.82, 2.24) is 14.9 Å². The highest BCUT2D eigenvalue weighted by atomic mass is 16.5. The maximum absolute atomic E-state index is 12.1. The van der Waals surface area contributed by atoms with Gasteiger partial charge in [-0.05, 0) is 31.0 Å². The van der Waals surface area contributed by atoms with Gasteiger partial charge in [0.1, 0.15) is 11.9 Å². The summed E-state index contributed by atoms with van der Waals surface area (Å²) in [6, 6.07) is 5.64. The van der Waals surface area contributed by atoms with Crippen LogP contribution in [-0.4, -0.2) is 34.1 Å². The van der Waals surface area contributed by atoms with Gasteiger partial charge in [-0.3, -0.25) is 9.59 Å². The Balaban J connectivity index is 1.73. The van der Waals surface area contributed by atoms with Crippen molar-refractivity contribution in [3.05, 3.63) is 24.0 Å². The average molecular weight is 358 g/mol. The number of ether oxygens (including phenoxy) is 1. The van der Waals surface area contributed by atoms with E-state index in [1.165, 1.54) is 0 Å². The molecule has 2 aromatic rings. The number of aromatic nitrogens is 2. The molecule has 1 aromatic carbocycles. The molecule has 2 amide bonds. The summed E-state index contributed by atoms with van der Waals surface area (Å²) in [4.78, 5) is 28.8. The predicted octanol–water partition coefficient (Wildman–Crippen LogP) is 2.35. The number of benzene rings is 1. The van der Waals surface area contributed by atoms with Gasteiger partial charge in [-0.25, -0.2) is 4.98 Å². The lowest BCUT2D eigenvalue weighted by molar-refractivity contribution is -0.130. The van der Waals surface area contributed by atoms with Gasteiger partial charge < -0.3 is 19.9 Å². The van der Waals surface area contributed by atoms with Crippen LogP contribution >= 0.6 is 0 Å². The maximum Gasteiger partial charge on any atom is 0.249 e. The molecule has 0 saturated carbocycles. The van der Waals surface area contributed by atoms with Crippen LogP contribution in [0.3, 0.4) is 0 Å². The maximum atomic E-state index is 12.1. The van der Waals surface area contributed by atoms with Crippen LogP contribution in [0.1, 0.15) is 39.4 Å². The Morgan fingerprint density at radius 2 is 2.12 bits per heavy atom. The van der Waals surface area contributed by atoms with Crippen molar-refractivity contribution in [3.63, 3.8) is 0 Å². The lowest BCUT2D eigenvalue weighted by Gasteiger charge is -2.17. The van der Waals surface area contributed by atoms with E-state index < -0.39 is 5.41 Å². The fourth-order valence-electron chi connectivity index (χ4n) is 2.87. The quantitative estimate of drug-likeness (QED) is 0.879. The number of amides is 2. The predicted molar refractivity (Wildman–Crippen MR) is 99.6 cm³/mol. The standard InChI is InChI=1S/C19H26N4O3/c1-19(2,3)18(25)21-12-7-8-14-13(10-12)22-16(23(14)4)11-20-17(24)15-6-5-9-26-15/h7-8,10,15H,5-6,9,11H2,1-4H3,(H,20,24)(H,21,25). The van der Waals surface area contributed by atoms with E-state index in [1.54, 1.807) is 0 Å². The lowest BCUT2D eigenvalue weighted by atomic mass is 9.95. The van der Waals surface area contributed by atoms with Crippen molar-refractivity contribution in [3.8, 4) is 0 Å². The molecule has 1 saturated heterocycles. The average Bonchev–Trinajstić information content (AvgIpc) is 3.20. The zero-order chi connectivity index (χ0) is 18.9. The van der Waals surface area contributed by atoms with Gasteiger partial charge in [0.2, 0.25) is 11.8 Å². The van der Waals surface area contributed by atoms with Gasteiger partial charge in [0.25, 0.3) is 0 Å². The minimum absolute atomic E-state index is 0.0446. The molecular weight excluding hydrogens is 332 g/mol. The summed E-state index contributed by atoms with van der Waals surface area (Å²) < 4.78 is 7.34. The van der Waals surface area contributed by atoms with Crippen molar-refractivity contribution in [2.45, 2.75) is 46.3 Å². The van der Waals surface area contributed by atoms with Crippen LogP contribution in [0.5, 0.6) is 0 Å². The minimum Gasteiger partial charge on any atom is -0.368 e. The summed E-state index contributed by atoms with van der Waals surface area (Å²) in [5.41, 5.74) is 1.97. The summed E-state index contributed by atoms with van der Waals surface area (Å²) in [6.45, 7) is 6.60. The topological polar surface area (TPSA) is 85.2 Å². The molecule has 1 aliphatic heterocycles. The molecule has 1 aliphatic rings. The number of carbonyl (C=O) groups excluding carboxylic acids is 2. The second kappa shape index (κ2) is 7.07. The molecule has 7 heteroatoms. The second-order valence-electron chi connectivity index (χ2n) is 7.71. The number of hydrogen-bond donors (Lipinski definition) is 2. The second-order valence-corrected chi connectivity index (χ2v) is 7.71. The number of aryl methyl sites for hydroxylation is 1. The first-order valence-electron chi connectivity index (χ1n) is 8.92. The Morgan fingerprint density at radius 1 is 1.35 bits per heavy atom. The Labute approximate surface area is 153 Å². The lowest BCUT2D eigenvalue weighted by Crippen LogP contribution is -2.34. The van der Waals surface area contributed by atoms with Crippen molar-refractivity contribution in [1.29, 1.82) is 0 Å². The Kier molecular flexibility index (Phi) is 5.00. The smallest absolute Gasteiger partial charge is 0.249 e. The normalized spacial score (nSPS) is 17.5. The van der Waals surface area contributed by atoms with Gasteiger partial charge in [0, 0.05) is 24.8 Å². The largest absolute Gasteiger partial charge is 0.368 e. The number of fused-ring (bicyclic) bond motifs is 1. The van der Waals surface area contributed by atoms with Gasteiger partial charge in [-0.2, -0.15) is 0 Å². The van der Waals surface area contributed by atoms with Gasteiger partial charge in [-0.15, -0.1) is 0 Å². The number of hydrogen-bond acceptors (Lipinski definition) is 4. The van der Waals surface area contributed by atoms with Gasteiger partial charge in [-0.1, -0.05) is 20.8 Å². The van der Waals surface area contributed by atoms with E-state index in [4.69, 9.17) is 4.74 Å². The summed E-state index contributed by atoms with van der Waals surface area (Å²) in [5, 5.41) is 5.81. The highest BCUT2D eigenvalue weighted by Crippen LogP contribution is 2.22. The van der Waals surface area contributed by atoms with Crippen LogP contribution in [0.15, 0.2) is 18.2 Å². The molecule has 2 heterocycles. The number of anilines is 1. The van der Waals surface area contributed by atoms with Crippen molar-refractivity contribution < 1.29 is 14.3 Å². The molecule has 0 spiro atoms. The van der Waals surface area contributed by atoms with Crippen molar-refractivity contribution in [2.24, 2.45) is 12.5 Å². The van der Waals surface area contributed by atoms with Gasteiger partial charge in [0.05, 0.1) is 17.6 Å². The molecule has 1 atom stereocenters. The first-order chi connectivity index (χ1) is 12.3. The molecule has 7 nitrogen and oxygen atoms in total. The monoisotopic (exact) mass is 358 g/mol. The van der Waals surface area contributed by atoms with Crippen molar-refractivity contribution in [2.75, 3.05) is 11.9 Å². The minimum atomic E-state index is -0.461. The van der Waals surface area contributed by atoms with Crippen LogP contribution in [-0.2, 0) is 27.9 Å². The molecule has 0 aliphatic carbocycles. The van der Waals surface area contributed by atoms with Crippen LogP contribution in [0.25, 0.3) is 11.0 Å². The van der Waals surface area contributed by atoms with E-state index in [0.29, 0.717) is 18.8 Å². The van der Waals surface area contributed by atoms with E-state index in [0.717, 1.165) is 29.7 Å². The van der Waals surface area contributed by atoms with Crippen LogP contribution < -0.4 is 10.6 Å². The van der Waals surface area contributed by atoms with Gasteiger partial charge >= 0.3 is 0 Å². The third-order valence-corrected chi connectivity index (χ3v) is 4.56. The molecule has 0 bridgehead atoms. The Hall–Kier alpha value is -2.41. The fourth-order valence-corrected chi connectivity index (χ4v) is 2.87. The summed E-state index contributed by atoms with van der Waals surface area (Å²) in [7, 11) is 1.91. The van der Waals surface area contributed by atoms with Gasteiger partial charge in [0.15, 0.2) is 0 Å². The number of nitrogens with zero attached hydrogens (tertiary/aromatic N) is 2. The van der Waals surface area contributed by atoms with E-state index in [2.05, 4.69) is 15.6 Å². The molecule has 0 radical (unpaired) electrons. The third kappa shape index (κ3) is 3.88. The van der Waals surface area contributed by atoms with Crippen LogP contribution in [0, 0.1) is 5.41 Å². The van der Waals surface area contributed by atoms with E-state index in [-0.39, 0.29) is 17.9 Å². The number of imidazole rings is 1. The number of nitrogens with one attached hydrogen (secondary N) is 2.